The van der Waals surface area contributed by atoms with Crippen molar-refractivity contribution in [2.24, 2.45) is 11.7 Å². The highest BCUT2D eigenvalue weighted by Crippen LogP contribution is 2.26. The molecule has 0 radical (unpaired) electrons. The van der Waals surface area contributed by atoms with Crippen LogP contribution in [0.1, 0.15) is 32.6 Å². The molecule has 1 aromatic heterocycles. The van der Waals surface area contributed by atoms with Crippen molar-refractivity contribution in [3.05, 3.63) is 22.6 Å². The van der Waals surface area contributed by atoms with Crippen LogP contribution in [0.15, 0.2) is 21.2 Å². The van der Waals surface area contributed by atoms with Crippen LogP contribution in [0.25, 0.3) is 0 Å². The Morgan fingerprint density at radius 2 is 2.00 bits per heavy atom. The summed E-state index contributed by atoms with van der Waals surface area (Å²) in [6.07, 6.45) is 0. The molecular formula is C12H21BrN2O. The van der Waals surface area contributed by atoms with Gasteiger partial charge < -0.3 is 10.2 Å². The van der Waals surface area contributed by atoms with Gasteiger partial charge in [0.25, 0.3) is 0 Å². The van der Waals surface area contributed by atoms with Gasteiger partial charge in [0.2, 0.25) is 0 Å². The van der Waals surface area contributed by atoms with E-state index < -0.39 is 0 Å². The fraction of sp³-hybridized carbons (Fsp3) is 0.667. The molecule has 0 bridgehead atoms. The number of nitrogens with two attached hydrogens (primary N) is 1. The van der Waals surface area contributed by atoms with E-state index >= 15 is 0 Å². The Hall–Kier alpha value is -0.320. The maximum absolute atomic E-state index is 5.84. The molecule has 1 aromatic rings. The number of furan rings is 1. The van der Waals surface area contributed by atoms with Crippen molar-refractivity contribution in [2.45, 2.75) is 32.9 Å². The smallest absolute Gasteiger partial charge is 0.169 e. The number of hydrogen-bond donors (Lipinski definition) is 1. The van der Waals surface area contributed by atoms with Gasteiger partial charge in [-0.05, 0) is 48.0 Å². The van der Waals surface area contributed by atoms with Gasteiger partial charge in [0.1, 0.15) is 5.76 Å². The molecule has 1 heterocycles. The Kier molecular flexibility index (Phi) is 5.02. The zero-order valence-corrected chi connectivity index (χ0v) is 12.0. The van der Waals surface area contributed by atoms with Gasteiger partial charge in [-0.1, -0.05) is 13.8 Å². The zero-order valence-electron chi connectivity index (χ0n) is 10.4. The molecule has 0 aromatic carbocycles. The van der Waals surface area contributed by atoms with Gasteiger partial charge >= 0.3 is 0 Å². The fourth-order valence-electron chi connectivity index (χ4n) is 1.74. The minimum Gasteiger partial charge on any atom is -0.453 e. The molecule has 16 heavy (non-hydrogen) atoms. The largest absolute Gasteiger partial charge is 0.453 e. The summed E-state index contributed by atoms with van der Waals surface area (Å²) in [5.74, 6) is 1.52. The lowest BCUT2D eigenvalue weighted by atomic mass is 10.0. The summed E-state index contributed by atoms with van der Waals surface area (Å²) in [7, 11) is 2.10. The number of nitrogens with zero attached hydrogens (tertiary/aromatic N) is 1. The maximum Gasteiger partial charge on any atom is 0.169 e. The predicted molar refractivity (Wildman–Crippen MR) is 70.3 cm³/mol. The van der Waals surface area contributed by atoms with E-state index in [1.165, 1.54) is 0 Å². The Bertz CT molecular complexity index is 325. The van der Waals surface area contributed by atoms with Crippen molar-refractivity contribution in [3.63, 3.8) is 0 Å². The van der Waals surface area contributed by atoms with Crippen molar-refractivity contribution >= 4 is 15.9 Å². The lowest BCUT2D eigenvalue weighted by Gasteiger charge is -2.33. The first-order chi connectivity index (χ1) is 7.47. The van der Waals surface area contributed by atoms with Gasteiger partial charge in [0.15, 0.2) is 4.67 Å². The summed E-state index contributed by atoms with van der Waals surface area (Å²) >= 11 is 3.32. The van der Waals surface area contributed by atoms with Crippen molar-refractivity contribution in [2.75, 3.05) is 13.6 Å². The monoisotopic (exact) mass is 288 g/mol. The van der Waals surface area contributed by atoms with E-state index in [2.05, 4.69) is 48.6 Å². The minimum atomic E-state index is 0.142. The normalized spacial score (nSPS) is 15.8. The van der Waals surface area contributed by atoms with E-state index in [0.717, 1.165) is 10.4 Å². The summed E-state index contributed by atoms with van der Waals surface area (Å²) in [6.45, 7) is 7.21. The SMILES string of the molecule is CC(C)C(C)N(C)C(CN)c1ccc(Br)o1. The van der Waals surface area contributed by atoms with Crippen LogP contribution >= 0.6 is 15.9 Å². The summed E-state index contributed by atoms with van der Waals surface area (Å²) in [5, 5.41) is 0. The molecule has 0 saturated carbocycles. The van der Waals surface area contributed by atoms with E-state index in [4.69, 9.17) is 10.2 Å². The second kappa shape index (κ2) is 5.84. The van der Waals surface area contributed by atoms with Gasteiger partial charge in [-0.15, -0.1) is 0 Å². The van der Waals surface area contributed by atoms with Crippen LogP contribution in [-0.4, -0.2) is 24.5 Å². The topological polar surface area (TPSA) is 42.4 Å². The molecule has 0 saturated heterocycles. The van der Waals surface area contributed by atoms with Crippen molar-refractivity contribution in [3.8, 4) is 0 Å². The molecule has 4 heteroatoms. The Morgan fingerprint density at radius 3 is 2.38 bits per heavy atom. The molecule has 1 rings (SSSR count). The predicted octanol–water partition coefficient (Wildman–Crippen LogP) is 3.02. The summed E-state index contributed by atoms with van der Waals surface area (Å²) < 4.78 is 6.34. The first-order valence-electron chi connectivity index (χ1n) is 5.64. The average molecular weight is 289 g/mol. The summed E-state index contributed by atoms with van der Waals surface area (Å²) in [6, 6.07) is 4.50. The number of hydrogen-bond acceptors (Lipinski definition) is 3. The maximum atomic E-state index is 5.84. The lowest BCUT2D eigenvalue weighted by Crippen LogP contribution is -2.39. The van der Waals surface area contributed by atoms with Crippen LogP contribution in [0.2, 0.25) is 0 Å². The summed E-state index contributed by atoms with van der Waals surface area (Å²) in [5.41, 5.74) is 5.84. The molecule has 2 atom stereocenters. The molecule has 0 aliphatic heterocycles. The second-order valence-corrected chi connectivity index (χ2v) is 5.33. The molecule has 0 spiro atoms. The Balaban J connectivity index is 2.82. The molecule has 0 aliphatic carbocycles. The standard InChI is InChI=1S/C12H21BrN2O/c1-8(2)9(3)15(4)10(7-14)11-5-6-12(13)16-11/h5-6,8-10H,7,14H2,1-4H3. The highest BCUT2D eigenvalue weighted by atomic mass is 79.9. The van der Waals surface area contributed by atoms with Crippen LogP contribution in [0.3, 0.4) is 0 Å². The Labute approximate surface area is 106 Å². The quantitative estimate of drug-likeness (QED) is 0.906. The van der Waals surface area contributed by atoms with Gasteiger partial charge in [-0.25, -0.2) is 0 Å². The third-order valence-electron chi connectivity index (χ3n) is 3.24. The zero-order chi connectivity index (χ0) is 12.3. The number of likely N-dealkylation sites (N-methyl/N-ethyl adjacent to an activating group) is 1. The average Bonchev–Trinajstić information content (AvgIpc) is 2.64. The highest BCUT2D eigenvalue weighted by Gasteiger charge is 2.24. The van der Waals surface area contributed by atoms with Crippen LogP contribution < -0.4 is 5.73 Å². The first-order valence-corrected chi connectivity index (χ1v) is 6.44. The van der Waals surface area contributed by atoms with Crippen LogP contribution in [0.5, 0.6) is 0 Å². The van der Waals surface area contributed by atoms with E-state index in [1.807, 2.05) is 12.1 Å². The second-order valence-electron chi connectivity index (χ2n) is 4.54. The number of rotatable bonds is 5. The molecule has 2 N–H and O–H groups in total. The molecule has 3 nitrogen and oxygen atoms in total. The molecule has 0 aliphatic rings. The van der Waals surface area contributed by atoms with E-state index in [-0.39, 0.29) is 6.04 Å². The van der Waals surface area contributed by atoms with Crippen molar-refractivity contribution in [1.29, 1.82) is 0 Å². The van der Waals surface area contributed by atoms with Gasteiger partial charge in [-0.2, -0.15) is 0 Å². The third-order valence-corrected chi connectivity index (χ3v) is 3.67. The lowest BCUT2D eigenvalue weighted by molar-refractivity contribution is 0.135. The first kappa shape index (κ1) is 13.7. The van der Waals surface area contributed by atoms with Crippen molar-refractivity contribution < 1.29 is 4.42 Å². The fourth-order valence-corrected chi connectivity index (χ4v) is 2.06. The molecule has 92 valence electrons. The molecular weight excluding hydrogens is 268 g/mol. The molecule has 2 unspecified atom stereocenters. The van der Waals surface area contributed by atoms with E-state index in [1.54, 1.807) is 0 Å². The van der Waals surface area contributed by atoms with Crippen LogP contribution in [0, 0.1) is 5.92 Å². The summed E-state index contributed by atoms with van der Waals surface area (Å²) in [4.78, 5) is 2.27. The van der Waals surface area contributed by atoms with Crippen molar-refractivity contribution in [1.82, 2.24) is 4.90 Å². The van der Waals surface area contributed by atoms with Gasteiger partial charge in [0, 0.05) is 12.6 Å². The highest BCUT2D eigenvalue weighted by molar-refractivity contribution is 9.10. The molecule has 0 amide bonds. The Morgan fingerprint density at radius 1 is 1.38 bits per heavy atom. The van der Waals surface area contributed by atoms with Crippen LogP contribution in [0.4, 0.5) is 0 Å². The van der Waals surface area contributed by atoms with Gasteiger partial charge in [-0.3, -0.25) is 4.90 Å². The van der Waals surface area contributed by atoms with Crippen LogP contribution in [-0.2, 0) is 0 Å². The number of halogens is 1. The third kappa shape index (κ3) is 3.09. The molecule has 0 fully saturated rings. The minimum absolute atomic E-state index is 0.142. The van der Waals surface area contributed by atoms with E-state index in [9.17, 15) is 0 Å². The van der Waals surface area contributed by atoms with Gasteiger partial charge in [0.05, 0.1) is 6.04 Å². The van der Waals surface area contributed by atoms with E-state index in [0.29, 0.717) is 18.5 Å².